The Morgan fingerprint density at radius 3 is 2.45 bits per heavy atom. The maximum absolute atomic E-state index is 11.6. The molecule has 0 unspecified atom stereocenters. The molecule has 2 aromatic rings. The van der Waals surface area contributed by atoms with Gasteiger partial charge in [0.1, 0.15) is 5.69 Å². The molecule has 0 aliphatic carbocycles. The molecule has 0 saturated carbocycles. The maximum atomic E-state index is 11.6. The SMILES string of the molecule is C=CN(C)c1ccc(/N=N/c2ccc([N+](=O)[O-])c[n+]2[O-])cc1. The molecule has 22 heavy (non-hydrogen) atoms. The number of anilines is 1. The Kier molecular flexibility index (Phi) is 4.42. The molecule has 2 rings (SSSR count). The van der Waals surface area contributed by atoms with Crippen LogP contribution in [-0.4, -0.2) is 12.0 Å². The van der Waals surface area contributed by atoms with Gasteiger partial charge in [-0.3, -0.25) is 10.1 Å². The maximum Gasteiger partial charge on any atom is 0.354 e. The predicted octanol–water partition coefficient (Wildman–Crippen LogP) is 3.22. The number of azo groups is 1. The molecule has 0 atom stereocenters. The highest BCUT2D eigenvalue weighted by Crippen LogP contribution is 2.21. The number of nitrogens with zero attached hydrogens (tertiary/aromatic N) is 5. The van der Waals surface area contributed by atoms with Crippen LogP contribution in [-0.2, 0) is 0 Å². The van der Waals surface area contributed by atoms with Crippen molar-refractivity contribution < 1.29 is 9.65 Å². The van der Waals surface area contributed by atoms with Gasteiger partial charge in [-0.15, -0.1) is 0 Å². The molecule has 1 aromatic carbocycles. The smallest absolute Gasteiger partial charge is 0.354 e. The third-order valence-corrected chi connectivity index (χ3v) is 2.89. The average Bonchev–Trinajstić information content (AvgIpc) is 2.53. The zero-order chi connectivity index (χ0) is 16.1. The van der Waals surface area contributed by atoms with E-state index in [9.17, 15) is 15.3 Å². The summed E-state index contributed by atoms with van der Waals surface area (Å²) >= 11 is 0. The zero-order valence-corrected chi connectivity index (χ0v) is 11.8. The lowest BCUT2D eigenvalue weighted by Crippen LogP contribution is -2.25. The fourth-order valence-corrected chi connectivity index (χ4v) is 1.62. The predicted molar refractivity (Wildman–Crippen MR) is 81.3 cm³/mol. The van der Waals surface area contributed by atoms with Crippen LogP contribution in [0, 0.1) is 15.3 Å². The van der Waals surface area contributed by atoms with Crippen LogP contribution in [0.3, 0.4) is 0 Å². The highest BCUT2D eigenvalue weighted by molar-refractivity contribution is 5.53. The van der Waals surface area contributed by atoms with Crippen molar-refractivity contribution in [1.29, 1.82) is 0 Å². The van der Waals surface area contributed by atoms with E-state index < -0.39 is 4.92 Å². The summed E-state index contributed by atoms with van der Waals surface area (Å²) in [7, 11) is 1.86. The van der Waals surface area contributed by atoms with Gasteiger partial charge in [0, 0.05) is 24.9 Å². The summed E-state index contributed by atoms with van der Waals surface area (Å²) in [6.45, 7) is 3.66. The second-order valence-corrected chi connectivity index (χ2v) is 4.34. The zero-order valence-electron chi connectivity index (χ0n) is 11.8. The molecule has 8 nitrogen and oxygen atoms in total. The Bertz CT molecular complexity index is 728. The van der Waals surface area contributed by atoms with Gasteiger partial charge in [0.05, 0.1) is 10.0 Å². The van der Waals surface area contributed by atoms with Gasteiger partial charge in [-0.2, -0.15) is 0 Å². The van der Waals surface area contributed by atoms with Crippen molar-refractivity contribution in [3.05, 3.63) is 70.7 Å². The van der Waals surface area contributed by atoms with E-state index in [1.807, 2.05) is 24.1 Å². The van der Waals surface area contributed by atoms with Gasteiger partial charge in [-0.1, -0.05) is 6.58 Å². The summed E-state index contributed by atoms with van der Waals surface area (Å²) in [5, 5.41) is 29.9. The molecule has 0 amide bonds. The molecule has 0 fully saturated rings. The Morgan fingerprint density at radius 1 is 1.23 bits per heavy atom. The van der Waals surface area contributed by atoms with Gasteiger partial charge >= 0.3 is 11.5 Å². The number of aromatic nitrogens is 1. The largest absolute Gasteiger partial charge is 0.710 e. The van der Waals surface area contributed by atoms with Crippen molar-refractivity contribution in [3.8, 4) is 0 Å². The van der Waals surface area contributed by atoms with Gasteiger partial charge in [0.15, 0.2) is 6.20 Å². The van der Waals surface area contributed by atoms with Crippen molar-refractivity contribution in [1.82, 2.24) is 0 Å². The van der Waals surface area contributed by atoms with E-state index in [0.717, 1.165) is 11.9 Å². The average molecular weight is 299 g/mol. The second-order valence-electron chi connectivity index (χ2n) is 4.34. The van der Waals surface area contributed by atoms with Crippen LogP contribution in [0.15, 0.2) is 65.6 Å². The lowest BCUT2D eigenvalue weighted by Gasteiger charge is -2.12. The van der Waals surface area contributed by atoms with Crippen LogP contribution in [0.4, 0.5) is 22.9 Å². The fraction of sp³-hybridized carbons (Fsp3) is 0.0714. The summed E-state index contributed by atoms with van der Waals surface area (Å²) < 4.78 is 0.307. The molecule has 1 aromatic heterocycles. The minimum absolute atomic E-state index is 0.0297. The minimum atomic E-state index is -0.649. The highest BCUT2D eigenvalue weighted by atomic mass is 16.6. The first-order chi connectivity index (χ1) is 10.5. The van der Waals surface area contributed by atoms with E-state index in [1.54, 1.807) is 18.3 Å². The van der Waals surface area contributed by atoms with Crippen molar-refractivity contribution in [2.24, 2.45) is 10.2 Å². The van der Waals surface area contributed by atoms with Crippen LogP contribution < -0.4 is 9.63 Å². The third-order valence-electron chi connectivity index (χ3n) is 2.89. The molecule has 0 bridgehead atoms. The molecule has 112 valence electrons. The van der Waals surface area contributed by atoms with Crippen molar-refractivity contribution in [2.45, 2.75) is 0 Å². The van der Waals surface area contributed by atoms with Gasteiger partial charge in [0.2, 0.25) is 0 Å². The standard InChI is InChI=1S/C14H13N5O3/c1-3-17(2)12-6-4-11(5-7-12)15-16-14-9-8-13(19(21)22)10-18(14)20/h3-10H,1H2,2H3/b16-15+. The van der Waals surface area contributed by atoms with Crippen LogP contribution in [0.5, 0.6) is 0 Å². The first-order valence-electron chi connectivity index (χ1n) is 6.26. The third kappa shape index (κ3) is 3.42. The summed E-state index contributed by atoms with van der Waals surface area (Å²) in [6, 6.07) is 9.58. The number of hydrogen-bond acceptors (Lipinski definition) is 6. The first-order valence-corrected chi connectivity index (χ1v) is 6.26. The number of pyridine rings is 1. The number of nitro groups is 1. The molecule has 0 saturated heterocycles. The van der Waals surface area contributed by atoms with E-state index in [4.69, 9.17) is 0 Å². The molecule has 0 radical (unpaired) electrons. The molecule has 0 N–H and O–H groups in total. The Balaban J connectivity index is 2.18. The van der Waals surface area contributed by atoms with Gasteiger partial charge in [-0.05, 0) is 35.6 Å². The van der Waals surface area contributed by atoms with Crippen LogP contribution in [0.1, 0.15) is 0 Å². The second kappa shape index (κ2) is 6.44. The molecular formula is C14H13N5O3. The van der Waals surface area contributed by atoms with E-state index in [1.165, 1.54) is 12.1 Å². The number of rotatable bonds is 5. The van der Waals surface area contributed by atoms with Crippen LogP contribution in [0.25, 0.3) is 0 Å². The highest BCUT2D eigenvalue weighted by Gasteiger charge is 2.12. The first kappa shape index (κ1) is 15.1. The Labute approximate surface area is 126 Å². The van der Waals surface area contributed by atoms with E-state index in [0.29, 0.717) is 10.4 Å². The van der Waals surface area contributed by atoms with E-state index in [-0.39, 0.29) is 11.5 Å². The topological polar surface area (TPSA) is 98.0 Å². The van der Waals surface area contributed by atoms with Crippen LogP contribution >= 0.6 is 0 Å². The minimum Gasteiger partial charge on any atom is -0.710 e. The molecule has 0 aliphatic heterocycles. The van der Waals surface area contributed by atoms with Crippen LogP contribution in [0.2, 0.25) is 0 Å². The Morgan fingerprint density at radius 2 is 1.91 bits per heavy atom. The van der Waals surface area contributed by atoms with Gasteiger partial charge in [0.25, 0.3) is 0 Å². The fourth-order valence-electron chi connectivity index (χ4n) is 1.62. The Hall–Kier alpha value is -3.29. The van der Waals surface area contributed by atoms with Gasteiger partial charge < -0.3 is 10.1 Å². The lowest BCUT2D eigenvalue weighted by molar-refractivity contribution is -0.596. The van der Waals surface area contributed by atoms with Crippen molar-refractivity contribution in [2.75, 3.05) is 11.9 Å². The summed E-state index contributed by atoms with van der Waals surface area (Å²) in [6.07, 6.45) is 2.52. The van der Waals surface area contributed by atoms with Crippen molar-refractivity contribution >= 4 is 22.9 Å². The molecule has 1 heterocycles. The molecule has 0 aliphatic rings. The van der Waals surface area contributed by atoms with E-state index in [2.05, 4.69) is 16.8 Å². The van der Waals surface area contributed by atoms with Crippen molar-refractivity contribution in [3.63, 3.8) is 0 Å². The number of benzene rings is 1. The lowest BCUT2D eigenvalue weighted by atomic mass is 10.3. The normalized spacial score (nSPS) is 10.6. The molecular weight excluding hydrogens is 286 g/mol. The number of hydrogen-bond donors (Lipinski definition) is 0. The quantitative estimate of drug-likeness (QED) is 0.278. The summed E-state index contributed by atoms with van der Waals surface area (Å²) in [5.41, 5.74) is 1.19. The molecule has 0 spiro atoms. The van der Waals surface area contributed by atoms with Gasteiger partial charge in [-0.25, -0.2) is 4.73 Å². The molecule has 8 heteroatoms. The monoisotopic (exact) mass is 299 g/mol. The van der Waals surface area contributed by atoms with E-state index >= 15 is 0 Å². The summed E-state index contributed by atoms with van der Waals surface area (Å²) in [5.74, 6) is -0.0297. The summed E-state index contributed by atoms with van der Waals surface area (Å²) in [4.78, 5) is 11.7.